The van der Waals surface area contributed by atoms with Crippen LogP contribution in [-0.4, -0.2) is 55.7 Å². The predicted molar refractivity (Wildman–Crippen MR) is 168 cm³/mol. The van der Waals surface area contributed by atoms with E-state index in [2.05, 4.69) is 10.6 Å². The molecule has 0 saturated carbocycles. The Hall–Kier alpha value is -5.17. The highest BCUT2D eigenvalue weighted by Crippen LogP contribution is 2.56. The van der Waals surface area contributed by atoms with Crippen LogP contribution in [0.1, 0.15) is 60.8 Å². The fraction of sp³-hybridized carbons (Fsp3) is 0.382. The summed E-state index contributed by atoms with van der Waals surface area (Å²) in [6, 6.07) is 14.3. The van der Waals surface area contributed by atoms with Crippen LogP contribution >= 0.6 is 0 Å². The summed E-state index contributed by atoms with van der Waals surface area (Å²) in [5.74, 6) is -0.789. The number of hydrogen-bond acceptors (Lipinski definition) is 11. The van der Waals surface area contributed by atoms with Crippen LogP contribution in [0.15, 0.2) is 48.5 Å². The molecule has 13 heteroatoms. The lowest BCUT2D eigenvalue weighted by Gasteiger charge is -2.40. The number of nitrogens with one attached hydrogen (secondary N) is 3. The zero-order valence-corrected chi connectivity index (χ0v) is 26.0. The highest BCUT2D eigenvalue weighted by Gasteiger charge is 2.52. The number of carbonyl (C=O) groups excluding carboxylic acids is 3. The van der Waals surface area contributed by atoms with Crippen LogP contribution in [0.4, 0.5) is 11.4 Å². The van der Waals surface area contributed by atoms with Crippen LogP contribution in [-0.2, 0) is 19.1 Å². The van der Waals surface area contributed by atoms with Crippen molar-refractivity contribution in [2.45, 2.75) is 44.1 Å². The number of phenols is 1. The fourth-order valence-electron chi connectivity index (χ4n) is 6.73. The number of benzene rings is 3. The highest BCUT2D eigenvalue weighted by atomic mass is 16.7. The standard InChI is InChI=1S/C34H37N3O10/c1-43-26-11-18(12-27(44-2)33(26)40)30-21-14-24-25(47-17-46-24)15-22(21)32(23-16-45-34(41)31(23)30)36-20-8-6-7-19(13-20)35-28(38)9-4-3-5-10-29(39)37-42/h6-8,11-15,23,30-32,36,40,42H,3-5,9-10,16-17H2,1-2H3,(H,35,38)(H,37,39)/t23-,30+,31-,32+/m0/s1. The van der Waals surface area contributed by atoms with Gasteiger partial charge in [0.05, 0.1) is 32.8 Å². The van der Waals surface area contributed by atoms with Gasteiger partial charge in [-0.15, -0.1) is 0 Å². The highest BCUT2D eigenvalue weighted by molar-refractivity contribution is 5.91. The zero-order valence-electron chi connectivity index (χ0n) is 26.0. The Bertz CT molecular complexity index is 1650. The number of phenolic OH excluding ortho intramolecular Hbond substituents is 1. The van der Waals surface area contributed by atoms with Crippen molar-refractivity contribution in [2.75, 3.05) is 38.3 Å². The van der Waals surface area contributed by atoms with Gasteiger partial charge in [-0.1, -0.05) is 12.5 Å². The van der Waals surface area contributed by atoms with Crippen molar-refractivity contribution in [1.82, 2.24) is 5.48 Å². The molecule has 0 aromatic heterocycles. The van der Waals surface area contributed by atoms with Crippen LogP contribution < -0.4 is 35.1 Å². The summed E-state index contributed by atoms with van der Waals surface area (Å²) in [6.45, 7) is 0.269. The molecule has 1 saturated heterocycles. The van der Waals surface area contributed by atoms with Gasteiger partial charge in [0.25, 0.3) is 0 Å². The third-order valence-electron chi connectivity index (χ3n) is 8.95. The van der Waals surface area contributed by atoms with E-state index in [4.69, 9.17) is 28.9 Å². The van der Waals surface area contributed by atoms with Crippen LogP contribution in [0.3, 0.4) is 0 Å². The van der Waals surface area contributed by atoms with Gasteiger partial charge in [0, 0.05) is 36.1 Å². The molecule has 0 spiro atoms. The first-order valence-corrected chi connectivity index (χ1v) is 15.5. The number of ether oxygens (including phenoxy) is 5. The van der Waals surface area contributed by atoms with Gasteiger partial charge in [-0.05, 0) is 72.0 Å². The van der Waals surface area contributed by atoms with Gasteiger partial charge in [0.2, 0.25) is 24.4 Å². The van der Waals surface area contributed by atoms with E-state index in [0.717, 1.165) is 16.8 Å². The number of cyclic esters (lactones) is 1. The van der Waals surface area contributed by atoms with Crippen LogP contribution in [0.5, 0.6) is 28.7 Å². The van der Waals surface area contributed by atoms with E-state index in [1.54, 1.807) is 23.7 Å². The topological polar surface area (TPSA) is 174 Å². The Kier molecular flexibility index (Phi) is 9.25. The summed E-state index contributed by atoms with van der Waals surface area (Å²) >= 11 is 0. The number of carbonyl (C=O) groups is 3. The Balaban J connectivity index is 1.29. The van der Waals surface area contributed by atoms with Gasteiger partial charge >= 0.3 is 5.97 Å². The first-order chi connectivity index (χ1) is 22.8. The molecule has 0 unspecified atom stereocenters. The summed E-state index contributed by atoms with van der Waals surface area (Å²) in [5, 5.41) is 25.8. The molecule has 2 amide bonds. The number of amides is 2. The van der Waals surface area contributed by atoms with Crippen molar-refractivity contribution in [2.24, 2.45) is 11.8 Å². The molecule has 2 aliphatic heterocycles. The van der Waals surface area contributed by atoms with E-state index < -0.39 is 17.7 Å². The Labute approximate surface area is 271 Å². The molecule has 3 aromatic rings. The molecule has 13 nitrogen and oxygen atoms in total. The Morgan fingerprint density at radius 2 is 1.53 bits per heavy atom. The quantitative estimate of drug-likeness (QED) is 0.0803. The minimum Gasteiger partial charge on any atom is -0.502 e. The van der Waals surface area contributed by atoms with Gasteiger partial charge < -0.3 is 39.4 Å². The summed E-state index contributed by atoms with van der Waals surface area (Å²) in [5.41, 5.74) is 5.39. The van der Waals surface area contributed by atoms with E-state index in [0.29, 0.717) is 48.4 Å². The lowest BCUT2D eigenvalue weighted by Crippen LogP contribution is -2.37. The number of unbranched alkanes of at least 4 members (excludes halogenated alkanes) is 2. The van der Waals surface area contributed by atoms with Gasteiger partial charge in [-0.25, -0.2) is 5.48 Å². The molecular formula is C34H37N3O10. The molecule has 6 rings (SSSR count). The minimum absolute atomic E-state index is 0.0798. The molecule has 1 fully saturated rings. The monoisotopic (exact) mass is 647 g/mol. The number of esters is 1. The third kappa shape index (κ3) is 6.43. The van der Waals surface area contributed by atoms with Gasteiger partial charge in [-0.3, -0.25) is 19.6 Å². The summed E-state index contributed by atoms with van der Waals surface area (Å²) < 4.78 is 28.1. The van der Waals surface area contributed by atoms with Crippen molar-refractivity contribution in [3.8, 4) is 28.7 Å². The van der Waals surface area contributed by atoms with Crippen molar-refractivity contribution < 1.29 is 48.4 Å². The number of aromatic hydroxyl groups is 1. The number of rotatable bonds is 12. The number of methoxy groups -OCH3 is 2. The molecule has 3 aromatic carbocycles. The van der Waals surface area contributed by atoms with Crippen LogP contribution in [0.25, 0.3) is 0 Å². The lowest BCUT2D eigenvalue weighted by molar-refractivity contribution is -0.141. The largest absolute Gasteiger partial charge is 0.502 e. The van der Waals surface area contributed by atoms with Gasteiger partial charge in [0.1, 0.15) is 0 Å². The maximum Gasteiger partial charge on any atom is 0.310 e. The molecule has 1 aliphatic carbocycles. The van der Waals surface area contributed by atoms with Crippen molar-refractivity contribution in [3.05, 3.63) is 65.2 Å². The maximum absolute atomic E-state index is 13.5. The molecule has 3 aliphatic rings. The van der Waals surface area contributed by atoms with Crippen LogP contribution in [0, 0.1) is 11.8 Å². The van der Waals surface area contributed by atoms with E-state index in [-0.39, 0.29) is 60.9 Å². The minimum atomic E-state index is -0.578. The smallest absolute Gasteiger partial charge is 0.310 e. The Morgan fingerprint density at radius 3 is 2.21 bits per heavy atom. The molecule has 0 radical (unpaired) electrons. The average molecular weight is 648 g/mol. The number of fused-ring (bicyclic) bond motifs is 3. The normalized spacial score (nSPS) is 20.4. The predicted octanol–water partition coefficient (Wildman–Crippen LogP) is 4.62. The van der Waals surface area contributed by atoms with Crippen molar-refractivity contribution >= 4 is 29.2 Å². The second-order valence-electron chi connectivity index (χ2n) is 11.8. The van der Waals surface area contributed by atoms with Gasteiger partial charge in [-0.2, -0.15) is 0 Å². The number of hydroxylamine groups is 1. The molecular weight excluding hydrogens is 610 g/mol. The van der Waals surface area contributed by atoms with E-state index in [1.807, 2.05) is 30.3 Å². The van der Waals surface area contributed by atoms with E-state index in [9.17, 15) is 19.5 Å². The SMILES string of the molecule is COc1cc([C@@H]2c3cc4c(cc3[C@@H](Nc3cccc(NC(=O)CCCCCC(=O)NO)c3)[C@H]3COC(=O)[C@H]23)OCO4)cc(OC)c1O. The number of hydrogen-bond donors (Lipinski definition) is 5. The lowest BCUT2D eigenvalue weighted by atomic mass is 9.65. The van der Waals surface area contributed by atoms with E-state index in [1.165, 1.54) is 14.2 Å². The molecule has 248 valence electrons. The second kappa shape index (κ2) is 13.7. The van der Waals surface area contributed by atoms with Gasteiger partial charge in [0.15, 0.2) is 23.0 Å². The summed E-state index contributed by atoms with van der Waals surface area (Å²) in [4.78, 5) is 37.3. The van der Waals surface area contributed by atoms with Crippen molar-refractivity contribution in [1.29, 1.82) is 0 Å². The molecule has 47 heavy (non-hydrogen) atoms. The number of anilines is 2. The molecule has 4 atom stereocenters. The van der Waals surface area contributed by atoms with E-state index >= 15 is 0 Å². The first kappa shape index (κ1) is 31.8. The summed E-state index contributed by atoms with van der Waals surface area (Å²) in [6.07, 6.45) is 2.35. The first-order valence-electron chi connectivity index (χ1n) is 15.5. The van der Waals surface area contributed by atoms with Crippen molar-refractivity contribution in [3.63, 3.8) is 0 Å². The maximum atomic E-state index is 13.5. The Morgan fingerprint density at radius 1 is 0.872 bits per heavy atom. The second-order valence-corrected chi connectivity index (χ2v) is 11.8. The third-order valence-corrected chi connectivity index (χ3v) is 8.95. The molecule has 5 N–H and O–H groups in total. The van der Waals surface area contributed by atoms with Crippen LogP contribution in [0.2, 0.25) is 0 Å². The molecule has 0 bridgehead atoms. The summed E-state index contributed by atoms with van der Waals surface area (Å²) in [7, 11) is 2.91. The fourth-order valence-corrected chi connectivity index (χ4v) is 6.73. The molecule has 2 heterocycles. The average Bonchev–Trinajstić information content (AvgIpc) is 3.70. The zero-order chi connectivity index (χ0) is 33.1.